The van der Waals surface area contributed by atoms with E-state index in [1.54, 1.807) is 6.07 Å². The molecule has 0 saturated heterocycles. The molecule has 14 heavy (non-hydrogen) atoms. The first-order valence-electron chi connectivity index (χ1n) is 4.31. The maximum absolute atomic E-state index is 10.4. The van der Waals surface area contributed by atoms with E-state index in [4.69, 9.17) is 9.84 Å². The third-order valence-electron chi connectivity index (χ3n) is 2.05. The SMILES string of the molecule is O=C(O)Nc1cnc2c(c1)COCC2. The summed E-state index contributed by atoms with van der Waals surface area (Å²) in [5.41, 5.74) is 2.44. The van der Waals surface area contributed by atoms with Crippen molar-refractivity contribution in [1.29, 1.82) is 0 Å². The minimum atomic E-state index is -1.08. The zero-order valence-electron chi connectivity index (χ0n) is 7.49. The van der Waals surface area contributed by atoms with Crippen LogP contribution in [0.4, 0.5) is 10.5 Å². The first-order chi connectivity index (χ1) is 6.75. The lowest BCUT2D eigenvalue weighted by atomic mass is 10.1. The molecule has 0 bridgehead atoms. The number of ether oxygens (including phenoxy) is 1. The summed E-state index contributed by atoms with van der Waals surface area (Å²) in [6.07, 6.45) is 1.24. The highest BCUT2D eigenvalue weighted by molar-refractivity contribution is 5.82. The van der Waals surface area contributed by atoms with E-state index in [0.717, 1.165) is 17.7 Å². The van der Waals surface area contributed by atoms with Crippen molar-refractivity contribution in [3.05, 3.63) is 23.5 Å². The molecule has 1 aliphatic heterocycles. The molecule has 0 aliphatic carbocycles. The Kier molecular flexibility index (Phi) is 2.32. The van der Waals surface area contributed by atoms with Crippen LogP contribution >= 0.6 is 0 Å². The maximum Gasteiger partial charge on any atom is 0.409 e. The molecule has 1 aromatic heterocycles. The average molecular weight is 194 g/mol. The van der Waals surface area contributed by atoms with Gasteiger partial charge in [0.2, 0.25) is 0 Å². The van der Waals surface area contributed by atoms with Crippen molar-refractivity contribution >= 4 is 11.8 Å². The maximum atomic E-state index is 10.4. The number of nitrogens with one attached hydrogen (secondary N) is 1. The summed E-state index contributed by atoms with van der Waals surface area (Å²) in [4.78, 5) is 14.5. The zero-order chi connectivity index (χ0) is 9.97. The Labute approximate surface area is 80.7 Å². The molecule has 74 valence electrons. The van der Waals surface area contributed by atoms with Crippen molar-refractivity contribution in [3.8, 4) is 0 Å². The van der Waals surface area contributed by atoms with Gasteiger partial charge in [-0.3, -0.25) is 10.3 Å². The lowest BCUT2D eigenvalue weighted by Gasteiger charge is -2.15. The molecule has 2 N–H and O–H groups in total. The number of anilines is 1. The summed E-state index contributed by atoms with van der Waals surface area (Å²) in [7, 11) is 0. The number of fused-ring (bicyclic) bond motifs is 1. The van der Waals surface area contributed by atoms with Gasteiger partial charge >= 0.3 is 6.09 Å². The fourth-order valence-corrected chi connectivity index (χ4v) is 1.43. The summed E-state index contributed by atoms with van der Waals surface area (Å²) >= 11 is 0. The first kappa shape index (κ1) is 8.96. The van der Waals surface area contributed by atoms with Crippen LogP contribution in [0.1, 0.15) is 11.3 Å². The van der Waals surface area contributed by atoms with Crippen LogP contribution in [0.3, 0.4) is 0 Å². The number of hydrogen-bond donors (Lipinski definition) is 2. The molecule has 0 fully saturated rings. The molecule has 0 atom stereocenters. The molecule has 5 nitrogen and oxygen atoms in total. The largest absolute Gasteiger partial charge is 0.465 e. The summed E-state index contributed by atoms with van der Waals surface area (Å²) < 4.78 is 5.24. The van der Waals surface area contributed by atoms with Crippen molar-refractivity contribution < 1.29 is 14.6 Å². The second-order valence-electron chi connectivity index (χ2n) is 3.06. The summed E-state index contributed by atoms with van der Waals surface area (Å²) in [5, 5.41) is 10.8. The quantitative estimate of drug-likeness (QED) is 0.705. The minimum absolute atomic E-state index is 0.488. The van der Waals surface area contributed by atoms with Crippen molar-refractivity contribution in [2.24, 2.45) is 0 Å². The predicted molar refractivity (Wildman–Crippen MR) is 49.2 cm³/mol. The summed E-state index contributed by atoms with van der Waals surface area (Å²) in [5.74, 6) is 0. The number of carboxylic acid groups (broad SMARTS) is 1. The standard InChI is InChI=1S/C9H10N2O3/c12-9(13)11-7-3-6-5-14-2-1-8(6)10-4-7/h3-4,11H,1-2,5H2,(H,12,13). The van der Waals surface area contributed by atoms with Gasteiger partial charge in [-0.15, -0.1) is 0 Å². The average Bonchev–Trinajstić information content (AvgIpc) is 2.17. The van der Waals surface area contributed by atoms with E-state index in [0.29, 0.717) is 18.9 Å². The van der Waals surface area contributed by atoms with Crippen LogP contribution in [0, 0.1) is 0 Å². The molecule has 5 heteroatoms. The third-order valence-corrected chi connectivity index (χ3v) is 2.05. The highest BCUT2D eigenvalue weighted by atomic mass is 16.5. The van der Waals surface area contributed by atoms with Gasteiger partial charge in [0.05, 0.1) is 25.1 Å². The number of hydrogen-bond acceptors (Lipinski definition) is 3. The molecule has 0 spiro atoms. The second kappa shape index (κ2) is 3.63. The van der Waals surface area contributed by atoms with Gasteiger partial charge < -0.3 is 9.84 Å². The molecule has 2 heterocycles. The number of aromatic nitrogens is 1. The van der Waals surface area contributed by atoms with Gasteiger partial charge in [-0.1, -0.05) is 0 Å². The Morgan fingerprint density at radius 2 is 2.50 bits per heavy atom. The van der Waals surface area contributed by atoms with E-state index in [1.165, 1.54) is 6.20 Å². The van der Waals surface area contributed by atoms with Gasteiger partial charge in [-0.2, -0.15) is 0 Å². The summed E-state index contributed by atoms with van der Waals surface area (Å²) in [6.45, 7) is 1.20. The van der Waals surface area contributed by atoms with E-state index >= 15 is 0 Å². The van der Waals surface area contributed by atoms with E-state index in [-0.39, 0.29) is 0 Å². The van der Waals surface area contributed by atoms with E-state index < -0.39 is 6.09 Å². The van der Waals surface area contributed by atoms with Crippen LogP contribution in [0.5, 0.6) is 0 Å². The molecule has 2 rings (SSSR count). The van der Waals surface area contributed by atoms with Crippen LogP contribution in [0.2, 0.25) is 0 Å². The Balaban J connectivity index is 2.24. The molecule has 0 unspecified atom stereocenters. The zero-order valence-corrected chi connectivity index (χ0v) is 7.49. The van der Waals surface area contributed by atoms with Crippen LogP contribution in [-0.2, 0) is 17.8 Å². The fourth-order valence-electron chi connectivity index (χ4n) is 1.43. The molecule has 1 aromatic rings. The van der Waals surface area contributed by atoms with E-state index in [2.05, 4.69) is 10.3 Å². The lowest BCUT2D eigenvalue weighted by Crippen LogP contribution is -2.14. The molecule has 1 amide bonds. The number of amides is 1. The van der Waals surface area contributed by atoms with Gasteiger partial charge in [-0.25, -0.2) is 4.79 Å². The predicted octanol–water partition coefficient (Wildman–Crippen LogP) is 1.24. The summed E-state index contributed by atoms with van der Waals surface area (Å²) in [6, 6.07) is 1.76. The van der Waals surface area contributed by atoms with Gasteiger partial charge in [0.1, 0.15) is 0 Å². The highest BCUT2D eigenvalue weighted by Gasteiger charge is 2.11. The first-order valence-corrected chi connectivity index (χ1v) is 4.31. The molecular formula is C9H10N2O3. The van der Waals surface area contributed by atoms with Gasteiger partial charge in [-0.05, 0) is 6.07 Å². The molecule has 0 saturated carbocycles. The van der Waals surface area contributed by atoms with Crippen LogP contribution < -0.4 is 5.32 Å². The van der Waals surface area contributed by atoms with Crippen molar-refractivity contribution in [3.63, 3.8) is 0 Å². The van der Waals surface area contributed by atoms with Gasteiger partial charge in [0, 0.05) is 17.7 Å². The van der Waals surface area contributed by atoms with Crippen LogP contribution in [-0.4, -0.2) is 22.8 Å². The normalized spacial score (nSPS) is 14.6. The molecular weight excluding hydrogens is 184 g/mol. The molecule has 0 aromatic carbocycles. The van der Waals surface area contributed by atoms with Gasteiger partial charge in [0.15, 0.2) is 0 Å². The highest BCUT2D eigenvalue weighted by Crippen LogP contribution is 2.18. The Morgan fingerprint density at radius 3 is 3.29 bits per heavy atom. The number of nitrogens with zero attached hydrogens (tertiary/aromatic N) is 1. The van der Waals surface area contributed by atoms with E-state index in [9.17, 15) is 4.79 Å². The Bertz CT molecular complexity index is 365. The topological polar surface area (TPSA) is 71.5 Å². The number of rotatable bonds is 1. The smallest absolute Gasteiger partial charge is 0.409 e. The van der Waals surface area contributed by atoms with E-state index in [1.807, 2.05) is 0 Å². The fraction of sp³-hybridized carbons (Fsp3) is 0.333. The van der Waals surface area contributed by atoms with Crippen molar-refractivity contribution in [2.45, 2.75) is 13.0 Å². The third kappa shape index (κ3) is 1.82. The molecule has 0 radical (unpaired) electrons. The Morgan fingerprint density at radius 1 is 1.64 bits per heavy atom. The Hall–Kier alpha value is -1.62. The van der Waals surface area contributed by atoms with Gasteiger partial charge in [0.25, 0.3) is 0 Å². The monoisotopic (exact) mass is 194 g/mol. The number of carbonyl (C=O) groups is 1. The molecule has 1 aliphatic rings. The van der Waals surface area contributed by atoms with Crippen molar-refractivity contribution in [2.75, 3.05) is 11.9 Å². The second-order valence-corrected chi connectivity index (χ2v) is 3.06. The van der Waals surface area contributed by atoms with Crippen LogP contribution in [0.15, 0.2) is 12.3 Å². The van der Waals surface area contributed by atoms with Crippen molar-refractivity contribution in [1.82, 2.24) is 4.98 Å². The minimum Gasteiger partial charge on any atom is -0.465 e. The van der Waals surface area contributed by atoms with Crippen LogP contribution in [0.25, 0.3) is 0 Å². The number of pyridine rings is 1. The lowest BCUT2D eigenvalue weighted by molar-refractivity contribution is 0.109.